The van der Waals surface area contributed by atoms with Crippen molar-refractivity contribution in [2.75, 3.05) is 7.11 Å². The molecule has 3 rings (SSSR count). The van der Waals surface area contributed by atoms with Gasteiger partial charge in [0.1, 0.15) is 10.6 Å². The summed E-state index contributed by atoms with van der Waals surface area (Å²) in [4.78, 5) is 11.8. The summed E-state index contributed by atoms with van der Waals surface area (Å²) in [5, 5.41) is 3.89. The van der Waals surface area contributed by atoms with Crippen LogP contribution in [-0.2, 0) is 27.5 Å². The number of amides is 1. The molecule has 35 heavy (non-hydrogen) atoms. The molecule has 3 aromatic rings. The van der Waals surface area contributed by atoms with Gasteiger partial charge in [0.05, 0.1) is 25.3 Å². The number of halogens is 3. The van der Waals surface area contributed by atoms with Gasteiger partial charge in [-0.1, -0.05) is 24.3 Å². The highest BCUT2D eigenvalue weighted by atomic mass is 32.2. The molecule has 1 amide bonds. The summed E-state index contributed by atoms with van der Waals surface area (Å²) >= 11 is 0. The molecule has 3 aromatic carbocycles. The Morgan fingerprint density at radius 3 is 2.40 bits per heavy atom. The second-order valence-corrected chi connectivity index (χ2v) is 8.91. The lowest BCUT2D eigenvalue weighted by Gasteiger charge is -2.12. The highest BCUT2D eigenvalue weighted by Crippen LogP contribution is 2.30. The number of hydrazone groups is 1. The average molecular weight is 507 g/mol. The first-order chi connectivity index (χ1) is 16.5. The van der Waals surface area contributed by atoms with Crippen LogP contribution in [0.15, 0.2) is 76.7 Å². The zero-order valence-electron chi connectivity index (χ0n) is 18.7. The van der Waals surface area contributed by atoms with Crippen LogP contribution in [-0.4, -0.2) is 27.6 Å². The topological polar surface area (TPSA) is 94.1 Å². The summed E-state index contributed by atoms with van der Waals surface area (Å²) in [5.74, 6) is 0.0911. The lowest BCUT2D eigenvalue weighted by Crippen LogP contribution is -2.20. The van der Waals surface area contributed by atoms with Crippen molar-refractivity contribution >= 4 is 22.2 Å². The number of benzene rings is 3. The van der Waals surface area contributed by atoms with Gasteiger partial charge >= 0.3 is 16.3 Å². The maximum Gasteiger partial charge on any atom is 0.416 e. The van der Waals surface area contributed by atoms with Crippen LogP contribution in [0, 0.1) is 6.92 Å². The van der Waals surface area contributed by atoms with Crippen LogP contribution in [0.5, 0.6) is 11.5 Å². The smallest absolute Gasteiger partial charge is 0.416 e. The Kier molecular flexibility index (Phi) is 7.80. The number of hydrogen-bond donors (Lipinski definition) is 1. The molecule has 0 aliphatic carbocycles. The number of alkyl halides is 3. The third-order valence-electron chi connectivity index (χ3n) is 4.84. The first-order valence-electron chi connectivity index (χ1n) is 10.2. The van der Waals surface area contributed by atoms with Gasteiger partial charge in [-0.25, -0.2) is 5.43 Å². The molecule has 0 spiro atoms. The van der Waals surface area contributed by atoms with Gasteiger partial charge in [-0.3, -0.25) is 4.79 Å². The molecule has 0 heterocycles. The molecule has 0 unspecified atom stereocenters. The molecule has 0 saturated carbocycles. The summed E-state index contributed by atoms with van der Waals surface area (Å²) in [5.41, 5.74) is 2.95. The van der Waals surface area contributed by atoms with E-state index in [0.717, 1.165) is 12.1 Å². The van der Waals surface area contributed by atoms with E-state index in [1.165, 1.54) is 19.4 Å². The molecular formula is C24H21F3N2O5S. The van der Waals surface area contributed by atoms with Gasteiger partial charge in [0.2, 0.25) is 5.91 Å². The van der Waals surface area contributed by atoms with Crippen molar-refractivity contribution in [3.63, 3.8) is 0 Å². The molecule has 184 valence electrons. The van der Waals surface area contributed by atoms with Crippen LogP contribution >= 0.6 is 0 Å². The number of carbonyl (C=O) groups is 1. The normalized spacial score (nSPS) is 11.9. The molecule has 1 N–H and O–H groups in total. The average Bonchev–Trinajstić information content (AvgIpc) is 2.80. The third-order valence-corrected chi connectivity index (χ3v) is 6.08. The Balaban J connectivity index is 1.74. The molecule has 0 aromatic heterocycles. The lowest BCUT2D eigenvalue weighted by atomic mass is 10.1. The Bertz CT molecular complexity index is 1340. The van der Waals surface area contributed by atoms with E-state index in [1.54, 1.807) is 43.3 Å². The van der Waals surface area contributed by atoms with Gasteiger partial charge in [0.25, 0.3) is 0 Å². The second kappa shape index (κ2) is 10.6. The molecule has 0 fully saturated rings. The van der Waals surface area contributed by atoms with Gasteiger partial charge in [-0.2, -0.15) is 26.7 Å². The van der Waals surface area contributed by atoms with E-state index < -0.39 is 32.7 Å². The Morgan fingerprint density at radius 2 is 1.74 bits per heavy atom. The number of methoxy groups -OCH3 is 1. The predicted octanol–water partition coefficient (Wildman–Crippen LogP) is 4.48. The number of rotatable bonds is 8. The van der Waals surface area contributed by atoms with Gasteiger partial charge in [0.15, 0.2) is 5.75 Å². The molecule has 11 heteroatoms. The van der Waals surface area contributed by atoms with Crippen molar-refractivity contribution in [2.45, 2.75) is 24.4 Å². The standard InChI is InChI=1S/C24H21F3N2O5S/c1-16-5-3-8-22(34-35(31,32)20-11-9-18(10-12-20)24(25,26)27)21(16)15-28-29-23(30)14-17-6-4-7-19(13-17)33-2/h3-13,15H,14H2,1-2H3,(H,29,30)/b28-15+. The van der Waals surface area contributed by atoms with Gasteiger partial charge in [-0.05, 0) is 60.5 Å². The Hall–Kier alpha value is -3.86. The number of nitrogens with zero attached hydrogens (tertiary/aromatic N) is 1. The third kappa shape index (κ3) is 6.82. The van der Waals surface area contributed by atoms with Crippen LogP contribution in [0.2, 0.25) is 0 Å². The lowest BCUT2D eigenvalue weighted by molar-refractivity contribution is -0.137. The van der Waals surface area contributed by atoms with Crippen LogP contribution in [0.1, 0.15) is 22.3 Å². The molecule has 0 aliphatic rings. The largest absolute Gasteiger partial charge is 0.497 e. The molecule has 0 aliphatic heterocycles. The second-order valence-electron chi connectivity index (χ2n) is 7.37. The SMILES string of the molecule is COc1cccc(CC(=O)N/N=C/c2c(C)cccc2OS(=O)(=O)c2ccc(C(F)(F)F)cc2)c1. The summed E-state index contributed by atoms with van der Waals surface area (Å²) in [6, 6.07) is 14.5. The zero-order valence-corrected chi connectivity index (χ0v) is 19.5. The minimum atomic E-state index is -4.60. The van der Waals surface area contributed by atoms with E-state index in [0.29, 0.717) is 29.0 Å². The van der Waals surface area contributed by atoms with E-state index in [4.69, 9.17) is 8.92 Å². The summed E-state index contributed by atoms with van der Waals surface area (Å²) in [7, 11) is -2.91. The van der Waals surface area contributed by atoms with E-state index >= 15 is 0 Å². The predicted molar refractivity (Wildman–Crippen MR) is 123 cm³/mol. The molecule has 0 bridgehead atoms. The summed E-state index contributed by atoms with van der Waals surface area (Å²) in [6.45, 7) is 1.68. The van der Waals surface area contributed by atoms with E-state index in [1.807, 2.05) is 0 Å². The van der Waals surface area contributed by atoms with Crippen molar-refractivity contribution in [3.8, 4) is 11.5 Å². The van der Waals surface area contributed by atoms with Crippen LogP contribution in [0.3, 0.4) is 0 Å². The molecule has 0 radical (unpaired) electrons. The monoisotopic (exact) mass is 506 g/mol. The fraction of sp³-hybridized carbons (Fsp3) is 0.167. The molecular weight excluding hydrogens is 485 g/mol. The molecule has 0 atom stereocenters. The Morgan fingerprint density at radius 1 is 1.06 bits per heavy atom. The van der Waals surface area contributed by atoms with Crippen molar-refractivity contribution in [1.29, 1.82) is 0 Å². The number of ether oxygens (including phenoxy) is 1. The number of aryl methyl sites for hydroxylation is 1. The van der Waals surface area contributed by atoms with Gasteiger partial charge in [0, 0.05) is 5.56 Å². The van der Waals surface area contributed by atoms with Crippen molar-refractivity contribution in [3.05, 3.63) is 89.0 Å². The van der Waals surface area contributed by atoms with Crippen LogP contribution < -0.4 is 14.3 Å². The summed E-state index contributed by atoms with van der Waals surface area (Å²) in [6.07, 6.45) is -3.33. The number of carbonyl (C=O) groups excluding carboxylic acids is 1. The van der Waals surface area contributed by atoms with E-state index in [9.17, 15) is 26.4 Å². The van der Waals surface area contributed by atoms with Gasteiger partial charge in [-0.15, -0.1) is 0 Å². The quantitative estimate of drug-likeness (QED) is 0.276. The molecule has 0 saturated heterocycles. The van der Waals surface area contributed by atoms with Crippen molar-refractivity contribution in [1.82, 2.24) is 5.43 Å². The number of nitrogens with one attached hydrogen (secondary N) is 1. The summed E-state index contributed by atoms with van der Waals surface area (Å²) < 4.78 is 73.9. The minimum absolute atomic E-state index is 0.0357. The fourth-order valence-corrected chi connectivity index (χ4v) is 3.99. The van der Waals surface area contributed by atoms with Gasteiger partial charge < -0.3 is 8.92 Å². The Labute approximate surface area is 200 Å². The maximum absolute atomic E-state index is 12.8. The fourth-order valence-electron chi connectivity index (χ4n) is 3.04. The van der Waals surface area contributed by atoms with Crippen molar-refractivity contribution < 1.29 is 35.3 Å². The minimum Gasteiger partial charge on any atom is -0.497 e. The first-order valence-corrected chi connectivity index (χ1v) is 11.6. The first kappa shape index (κ1) is 25.8. The van der Waals surface area contributed by atoms with Crippen LogP contribution in [0.4, 0.5) is 13.2 Å². The highest BCUT2D eigenvalue weighted by Gasteiger charge is 2.31. The molecule has 7 nitrogen and oxygen atoms in total. The highest BCUT2D eigenvalue weighted by molar-refractivity contribution is 7.87. The zero-order chi connectivity index (χ0) is 25.6. The number of hydrogen-bond acceptors (Lipinski definition) is 6. The van der Waals surface area contributed by atoms with E-state index in [-0.39, 0.29) is 17.7 Å². The van der Waals surface area contributed by atoms with Crippen molar-refractivity contribution in [2.24, 2.45) is 5.10 Å². The van der Waals surface area contributed by atoms with Crippen LogP contribution in [0.25, 0.3) is 0 Å². The maximum atomic E-state index is 12.8. The van der Waals surface area contributed by atoms with E-state index in [2.05, 4.69) is 10.5 Å².